The predicted octanol–water partition coefficient (Wildman–Crippen LogP) is -2.27. The number of imidazole rings is 1. The molecule has 1 aliphatic heterocycles. The number of carbonyl (C=O) groups is 2. The second-order valence-corrected chi connectivity index (χ2v) is 6.74. The maximum absolute atomic E-state index is 12.3. The van der Waals surface area contributed by atoms with Crippen molar-refractivity contribution in [3.05, 3.63) is 12.7 Å². The van der Waals surface area contributed by atoms with E-state index < -0.39 is 42.5 Å². The van der Waals surface area contributed by atoms with Gasteiger partial charge in [-0.25, -0.2) is 15.0 Å². The van der Waals surface area contributed by atoms with Crippen LogP contribution in [0.1, 0.15) is 25.5 Å². The highest BCUT2D eigenvalue weighted by atomic mass is 16.6. The lowest BCUT2D eigenvalue weighted by atomic mass is 10.1. The quantitative estimate of drug-likeness (QED) is 0.256. The number of carboxylic acid groups (broad SMARTS) is 1. The highest BCUT2D eigenvalue weighted by molar-refractivity contribution is 5.82. The van der Waals surface area contributed by atoms with E-state index in [1.807, 2.05) is 0 Å². The van der Waals surface area contributed by atoms with Gasteiger partial charge >= 0.3 is 5.97 Å². The van der Waals surface area contributed by atoms with Gasteiger partial charge in [-0.2, -0.15) is 0 Å². The molecule has 0 spiro atoms. The van der Waals surface area contributed by atoms with Gasteiger partial charge in [0.15, 0.2) is 23.8 Å². The van der Waals surface area contributed by atoms with E-state index in [-0.39, 0.29) is 18.8 Å². The lowest BCUT2D eigenvalue weighted by Crippen LogP contribution is -2.43. The fourth-order valence-electron chi connectivity index (χ4n) is 3.09. The van der Waals surface area contributed by atoms with Gasteiger partial charge in [0.2, 0.25) is 0 Å². The van der Waals surface area contributed by atoms with Gasteiger partial charge in [0.1, 0.15) is 30.1 Å². The second kappa shape index (κ2) is 8.65. The van der Waals surface area contributed by atoms with Gasteiger partial charge in [0, 0.05) is 6.54 Å². The predicted molar refractivity (Wildman–Crippen MR) is 98.1 cm³/mol. The molecule has 1 fully saturated rings. The second-order valence-electron chi connectivity index (χ2n) is 6.74. The summed E-state index contributed by atoms with van der Waals surface area (Å²) in [4.78, 5) is 35.0. The Morgan fingerprint density at radius 1 is 1.24 bits per heavy atom. The van der Waals surface area contributed by atoms with Gasteiger partial charge in [-0.1, -0.05) is 0 Å². The number of nitrogens with one attached hydrogen (secondary N) is 1. The minimum Gasteiger partial charge on any atom is -0.480 e. The average Bonchev–Trinajstić information content (AvgIpc) is 3.24. The van der Waals surface area contributed by atoms with Crippen LogP contribution >= 0.6 is 0 Å². The van der Waals surface area contributed by atoms with Crippen molar-refractivity contribution in [1.82, 2.24) is 24.8 Å². The van der Waals surface area contributed by atoms with Gasteiger partial charge in [-0.15, -0.1) is 0 Å². The zero-order valence-corrected chi connectivity index (χ0v) is 15.4. The van der Waals surface area contributed by atoms with E-state index in [4.69, 9.17) is 21.3 Å². The third-order valence-corrected chi connectivity index (χ3v) is 4.72. The van der Waals surface area contributed by atoms with E-state index in [1.54, 1.807) is 0 Å². The Labute approximate surface area is 164 Å². The third-order valence-electron chi connectivity index (χ3n) is 4.72. The summed E-state index contributed by atoms with van der Waals surface area (Å²) in [5, 5.41) is 31.9. The van der Waals surface area contributed by atoms with E-state index in [1.165, 1.54) is 17.2 Å². The lowest BCUT2D eigenvalue weighted by molar-refractivity contribution is -0.139. The lowest BCUT2D eigenvalue weighted by Gasteiger charge is -2.16. The zero-order chi connectivity index (χ0) is 21.1. The van der Waals surface area contributed by atoms with E-state index >= 15 is 0 Å². The molecule has 5 atom stereocenters. The Hall–Kier alpha value is -2.87. The number of anilines is 1. The number of aromatic nitrogens is 4. The molecule has 1 saturated heterocycles. The first kappa shape index (κ1) is 20.9. The van der Waals surface area contributed by atoms with Crippen molar-refractivity contribution in [3.8, 4) is 0 Å². The van der Waals surface area contributed by atoms with Gasteiger partial charge in [-0.05, 0) is 19.3 Å². The van der Waals surface area contributed by atoms with Gasteiger partial charge in [0.05, 0.1) is 6.33 Å². The van der Waals surface area contributed by atoms with Crippen molar-refractivity contribution in [3.63, 3.8) is 0 Å². The summed E-state index contributed by atoms with van der Waals surface area (Å²) >= 11 is 0. The number of nitrogen functional groups attached to an aromatic ring is 1. The van der Waals surface area contributed by atoms with Crippen LogP contribution < -0.4 is 16.8 Å². The van der Waals surface area contributed by atoms with Crippen molar-refractivity contribution in [2.45, 2.75) is 49.8 Å². The molecule has 0 bridgehead atoms. The molecule has 1 amide bonds. The number of amides is 1. The number of nitrogens with two attached hydrogens (primary N) is 2. The maximum atomic E-state index is 12.3. The number of nitrogens with zero attached hydrogens (tertiary/aromatic N) is 4. The Bertz CT molecular complexity index is 890. The molecule has 0 unspecified atom stereocenters. The highest BCUT2D eigenvalue weighted by Crippen LogP contribution is 2.32. The van der Waals surface area contributed by atoms with Crippen LogP contribution in [-0.2, 0) is 14.3 Å². The molecule has 2 aromatic heterocycles. The Balaban J connectivity index is 1.58. The number of aliphatic hydroxyl groups excluding tert-OH is 2. The summed E-state index contributed by atoms with van der Waals surface area (Å²) < 4.78 is 6.96. The van der Waals surface area contributed by atoms with E-state index in [2.05, 4.69) is 20.3 Å². The molecule has 13 nitrogen and oxygen atoms in total. The fourth-order valence-corrected chi connectivity index (χ4v) is 3.09. The largest absolute Gasteiger partial charge is 0.480 e. The summed E-state index contributed by atoms with van der Waals surface area (Å²) in [6.07, 6.45) is -1.38. The molecular formula is C16H23N7O6. The van der Waals surface area contributed by atoms with Crippen LogP contribution in [0.4, 0.5) is 5.82 Å². The monoisotopic (exact) mass is 409 g/mol. The average molecular weight is 409 g/mol. The minimum absolute atomic E-state index is 0.152. The number of aliphatic hydroxyl groups is 2. The van der Waals surface area contributed by atoms with Crippen molar-refractivity contribution < 1.29 is 29.6 Å². The van der Waals surface area contributed by atoms with Gasteiger partial charge < -0.3 is 36.8 Å². The Morgan fingerprint density at radius 2 is 2.00 bits per heavy atom. The van der Waals surface area contributed by atoms with Gasteiger partial charge in [0.25, 0.3) is 5.91 Å². The molecule has 0 saturated carbocycles. The van der Waals surface area contributed by atoms with Crippen molar-refractivity contribution in [2.24, 2.45) is 5.73 Å². The van der Waals surface area contributed by atoms with Crippen LogP contribution in [0.3, 0.4) is 0 Å². The van der Waals surface area contributed by atoms with Crippen molar-refractivity contribution in [1.29, 1.82) is 0 Å². The summed E-state index contributed by atoms with van der Waals surface area (Å²) in [6, 6.07) is -0.940. The number of hydrogen-bond donors (Lipinski definition) is 6. The smallest absolute Gasteiger partial charge is 0.320 e. The highest BCUT2D eigenvalue weighted by Gasteiger charge is 2.47. The number of rotatable bonds is 8. The van der Waals surface area contributed by atoms with E-state index in [0.717, 1.165) is 0 Å². The van der Waals surface area contributed by atoms with Crippen LogP contribution in [0, 0.1) is 0 Å². The maximum Gasteiger partial charge on any atom is 0.320 e. The standard InChI is InChI=1S/C16H23N7O6/c17-7(16(27)28)3-1-2-4-19-14(26)11-9(24)10(25)15(29-11)23-6-22-8-12(18)20-5-21-13(8)23/h5-7,9-11,15,24-25H,1-4,17H2,(H,19,26)(H,27,28)(H2,18,20,21)/t7-,9-,10+,11-,15+/m0/s1. The van der Waals surface area contributed by atoms with Crippen LogP contribution in [0.2, 0.25) is 0 Å². The van der Waals surface area contributed by atoms with Crippen LogP contribution in [0.5, 0.6) is 0 Å². The number of unbranched alkanes of at least 4 members (excludes halogenated alkanes) is 1. The van der Waals surface area contributed by atoms with E-state index in [9.17, 15) is 19.8 Å². The summed E-state index contributed by atoms with van der Waals surface area (Å²) in [5.41, 5.74) is 11.8. The van der Waals surface area contributed by atoms with Crippen LogP contribution in [0.25, 0.3) is 11.2 Å². The summed E-state index contributed by atoms with van der Waals surface area (Å²) in [6.45, 7) is 0.246. The fraction of sp³-hybridized carbons (Fsp3) is 0.562. The Kier molecular flexibility index (Phi) is 6.22. The Morgan fingerprint density at radius 3 is 2.72 bits per heavy atom. The first-order chi connectivity index (χ1) is 13.8. The molecule has 0 aliphatic carbocycles. The molecule has 29 heavy (non-hydrogen) atoms. The SMILES string of the molecule is Nc1ncnc2c1ncn2[C@@H]1O[C@H](C(=O)NCCCC[C@H](N)C(=O)O)[C@@H](O)[C@H]1O. The van der Waals surface area contributed by atoms with Crippen LogP contribution in [0.15, 0.2) is 12.7 Å². The zero-order valence-electron chi connectivity index (χ0n) is 15.4. The number of carboxylic acids is 1. The van der Waals surface area contributed by atoms with Crippen LogP contribution in [-0.4, -0.2) is 77.6 Å². The number of carbonyl (C=O) groups excluding carboxylic acids is 1. The number of hydrogen-bond acceptors (Lipinski definition) is 10. The molecule has 3 rings (SSSR count). The first-order valence-corrected chi connectivity index (χ1v) is 9.02. The molecule has 13 heteroatoms. The number of ether oxygens (including phenoxy) is 1. The normalized spacial score (nSPS) is 25.2. The summed E-state index contributed by atoms with van der Waals surface area (Å²) in [5.74, 6) is -1.52. The topological polar surface area (TPSA) is 212 Å². The van der Waals surface area contributed by atoms with Gasteiger partial charge in [-0.3, -0.25) is 14.2 Å². The number of fused-ring (bicyclic) bond motifs is 1. The first-order valence-electron chi connectivity index (χ1n) is 9.02. The molecule has 1 aliphatic rings. The molecular weight excluding hydrogens is 386 g/mol. The molecule has 3 heterocycles. The number of aliphatic carboxylic acids is 1. The molecule has 2 aromatic rings. The molecule has 0 radical (unpaired) electrons. The van der Waals surface area contributed by atoms with E-state index in [0.29, 0.717) is 24.0 Å². The summed E-state index contributed by atoms with van der Waals surface area (Å²) in [7, 11) is 0. The molecule has 0 aromatic carbocycles. The third kappa shape index (κ3) is 4.27. The molecule has 8 N–H and O–H groups in total. The molecule has 158 valence electrons. The van der Waals surface area contributed by atoms with Crippen molar-refractivity contribution >= 4 is 28.9 Å². The minimum atomic E-state index is -1.46. The van der Waals surface area contributed by atoms with Crippen molar-refractivity contribution in [2.75, 3.05) is 12.3 Å².